The van der Waals surface area contributed by atoms with Crippen molar-refractivity contribution in [1.82, 2.24) is 15.3 Å². The Labute approximate surface area is 206 Å². The number of aliphatic hydroxyl groups excluding tert-OH is 1. The van der Waals surface area contributed by atoms with Gasteiger partial charge in [-0.2, -0.15) is 0 Å². The normalized spacial score (nSPS) is 24.5. The third-order valence-electron chi connectivity index (χ3n) is 6.61. The highest BCUT2D eigenvalue weighted by Crippen LogP contribution is 2.37. The highest BCUT2D eigenvalue weighted by Gasteiger charge is 2.31. The zero-order valence-corrected chi connectivity index (χ0v) is 20.7. The van der Waals surface area contributed by atoms with Crippen LogP contribution in [0.3, 0.4) is 0 Å². The monoisotopic (exact) mass is 525 g/mol. The van der Waals surface area contributed by atoms with E-state index in [1.165, 1.54) is 28.8 Å². The van der Waals surface area contributed by atoms with E-state index in [0.717, 1.165) is 34.3 Å². The summed E-state index contributed by atoms with van der Waals surface area (Å²) in [6.45, 7) is 6.97. The fourth-order valence-electron chi connectivity index (χ4n) is 4.85. The molecule has 8 heteroatoms. The van der Waals surface area contributed by atoms with Gasteiger partial charge in [-0.05, 0) is 73.9 Å². The summed E-state index contributed by atoms with van der Waals surface area (Å²) in [6, 6.07) is 8.53. The number of thiophene rings is 1. The number of hydrogen-bond acceptors (Lipinski definition) is 7. The van der Waals surface area contributed by atoms with E-state index >= 15 is 0 Å². The van der Waals surface area contributed by atoms with Crippen LogP contribution < -0.4 is 10.6 Å². The van der Waals surface area contributed by atoms with Crippen LogP contribution in [0.15, 0.2) is 41.3 Å². The quantitative estimate of drug-likeness (QED) is 0.426. The SMILES string of the molecule is [CH2][C@@H]1C[C@@H](Nc2ncncc2C(=O)c2cc([C@H]3NCCc4ccc(Br)cc43)c(C)s2)C[C@@H]1O. The average Bonchev–Trinajstić information content (AvgIpc) is 3.34. The van der Waals surface area contributed by atoms with Gasteiger partial charge in [-0.15, -0.1) is 11.3 Å². The zero-order valence-electron chi connectivity index (χ0n) is 18.3. The molecule has 0 unspecified atom stereocenters. The Balaban J connectivity index is 1.43. The molecule has 2 aliphatic rings. The van der Waals surface area contributed by atoms with Crippen LogP contribution in [0.1, 0.15) is 55.7 Å². The Bertz CT molecular complexity index is 1190. The van der Waals surface area contributed by atoms with Crippen molar-refractivity contribution in [3.05, 3.63) is 80.2 Å². The molecule has 1 fully saturated rings. The Kier molecular flexibility index (Phi) is 6.35. The molecule has 6 nitrogen and oxygen atoms in total. The van der Waals surface area contributed by atoms with Gasteiger partial charge >= 0.3 is 0 Å². The Morgan fingerprint density at radius 3 is 2.94 bits per heavy atom. The summed E-state index contributed by atoms with van der Waals surface area (Å²) in [4.78, 5) is 23.8. The standard InChI is InChI=1S/C25H26BrN4O2S/c1-13-7-17(9-21(13)31)30-25-20(11-27-12-29-25)24(32)22-10-18(14(2)33-22)23-19-8-16(26)4-3-15(19)5-6-28-23/h3-4,8,10-13,17,21,23,28,31H,1,5-7,9H2,2H3,(H,27,29,30)/t13-,17-,21+,23-/m1/s1. The van der Waals surface area contributed by atoms with E-state index in [4.69, 9.17) is 0 Å². The van der Waals surface area contributed by atoms with Crippen molar-refractivity contribution < 1.29 is 9.90 Å². The molecule has 4 atom stereocenters. The van der Waals surface area contributed by atoms with E-state index in [1.54, 1.807) is 6.20 Å². The van der Waals surface area contributed by atoms with Gasteiger partial charge in [-0.3, -0.25) is 4.79 Å². The van der Waals surface area contributed by atoms with Gasteiger partial charge in [0.15, 0.2) is 0 Å². The van der Waals surface area contributed by atoms with E-state index in [-0.39, 0.29) is 23.8 Å². The third kappa shape index (κ3) is 4.49. The maximum Gasteiger partial charge on any atom is 0.208 e. The molecule has 3 N–H and O–H groups in total. The molecule has 0 bridgehead atoms. The van der Waals surface area contributed by atoms with Crippen LogP contribution >= 0.6 is 27.3 Å². The summed E-state index contributed by atoms with van der Waals surface area (Å²) in [7, 11) is 0. The van der Waals surface area contributed by atoms with Crippen LogP contribution in [0.25, 0.3) is 0 Å². The minimum Gasteiger partial charge on any atom is -0.393 e. The van der Waals surface area contributed by atoms with Crippen molar-refractivity contribution in [2.24, 2.45) is 5.92 Å². The summed E-state index contributed by atoms with van der Waals surface area (Å²) < 4.78 is 1.05. The molecular formula is C25H26BrN4O2S. The second-order valence-electron chi connectivity index (χ2n) is 8.86. The summed E-state index contributed by atoms with van der Waals surface area (Å²) in [5.41, 5.74) is 4.17. The van der Waals surface area contributed by atoms with E-state index in [2.05, 4.69) is 68.6 Å². The molecule has 3 aromatic rings. The molecule has 2 aromatic heterocycles. The maximum absolute atomic E-state index is 13.5. The largest absolute Gasteiger partial charge is 0.393 e. The Morgan fingerprint density at radius 2 is 2.15 bits per heavy atom. The van der Waals surface area contributed by atoms with Crippen LogP contribution in [0.2, 0.25) is 0 Å². The summed E-state index contributed by atoms with van der Waals surface area (Å²) in [6.07, 6.45) is 4.91. The number of benzene rings is 1. The molecule has 1 radical (unpaired) electrons. The molecule has 171 valence electrons. The number of hydrogen-bond donors (Lipinski definition) is 3. The molecule has 33 heavy (non-hydrogen) atoms. The van der Waals surface area contributed by atoms with E-state index in [0.29, 0.717) is 22.7 Å². The number of aryl methyl sites for hydroxylation is 1. The number of fused-ring (bicyclic) bond motifs is 1. The predicted molar refractivity (Wildman–Crippen MR) is 134 cm³/mol. The Morgan fingerprint density at radius 1 is 1.30 bits per heavy atom. The lowest BCUT2D eigenvalue weighted by Gasteiger charge is -2.27. The third-order valence-corrected chi connectivity index (χ3v) is 8.17. The lowest BCUT2D eigenvalue weighted by molar-refractivity contribution is 0.104. The number of carbonyl (C=O) groups excluding carboxylic acids is 1. The fourth-order valence-corrected chi connectivity index (χ4v) is 6.24. The van der Waals surface area contributed by atoms with Gasteiger partial charge in [0, 0.05) is 28.1 Å². The first-order chi connectivity index (χ1) is 15.9. The molecular weight excluding hydrogens is 500 g/mol. The molecule has 1 aliphatic carbocycles. The van der Waals surface area contributed by atoms with E-state index in [1.807, 2.05) is 6.07 Å². The summed E-state index contributed by atoms with van der Waals surface area (Å²) in [5.74, 6) is 0.406. The number of rotatable bonds is 5. The maximum atomic E-state index is 13.5. The second kappa shape index (κ2) is 9.25. The lowest BCUT2D eigenvalue weighted by atomic mass is 9.90. The number of anilines is 1. The highest BCUT2D eigenvalue weighted by molar-refractivity contribution is 9.10. The van der Waals surface area contributed by atoms with E-state index in [9.17, 15) is 9.90 Å². The van der Waals surface area contributed by atoms with Crippen molar-refractivity contribution in [2.45, 2.75) is 44.4 Å². The van der Waals surface area contributed by atoms with Gasteiger partial charge in [0.25, 0.3) is 0 Å². The average molecular weight is 526 g/mol. The van der Waals surface area contributed by atoms with Crippen LogP contribution in [0.4, 0.5) is 5.82 Å². The summed E-state index contributed by atoms with van der Waals surface area (Å²) >= 11 is 5.11. The summed E-state index contributed by atoms with van der Waals surface area (Å²) in [5, 5.41) is 17.0. The minimum atomic E-state index is -0.433. The predicted octanol–water partition coefficient (Wildman–Crippen LogP) is 4.46. The zero-order chi connectivity index (χ0) is 23.1. The molecule has 1 aliphatic heterocycles. The van der Waals surface area contributed by atoms with Crippen molar-refractivity contribution in [3.63, 3.8) is 0 Å². The van der Waals surface area contributed by atoms with Gasteiger partial charge in [0.2, 0.25) is 5.78 Å². The van der Waals surface area contributed by atoms with Crippen LogP contribution in [-0.4, -0.2) is 39.5 Å². The number of ketones is 1. The first kappa shape index (κ1) is 22.7. The molecule has 0 spiro atoms. The molecule has 1 aromatic carbocycles. The topological polar surface area (TPSA) is 87.1 Å². The molecule has 5 rings (SSSR count). The van der Waals surface area contributed by atoms with Gasteiger partial charge in [-0.25, -0.2) is 9.97 Å². The molecule has 3 heterocycles. The van der Waals surface area contributed by atoms with Crippen molar-refractivity contribution in [1.29, 1.82) is 0 Å². The Hall–Kier alpha value is -2.13. The number of nitrogens with zero attached hydrogens (tertiary/aromatic N) is 2. The van der Waals surface area contributed by atoms with Crippen LogP contribution in [0, 0.1) is 19.8 Å². The fraction of sp³-hybridized carbons (Fsp3) is 0.360. The highest BCUT2D eigenvalue weighted by atomic mass is 79.9. The number of nitrogens with one attached hydrogen (secondary N) is 2. The van der Waals surface area contributed by atoms with Gasteiger partial charge in [0.1, 0.15) is 12.1 Å². The number of aliphatic hydroxyl groups is 1. The minimum absolute atomic E-state index is 0.0168. The molecule has 1 saturated carbocycles. The number of halogens is 1. The van der Waals surface area contributed by atoms with Gasteiger partial charge in [-0.1, -0.05) is 22.0 Å². The lowest BCUT2D eigenvalue weighted by Crippen LogP contribution is -2.30. The van der Waals surface area contributed by atoms with Crippen LogP contribution in [-0.2, 0) is 6.42 Å². The van der Waals surface area contributed by atoms with Gasteiger partial charge < -0.3 is 15.7 Å². The van der Waals surface area contributed by atoms with Crippen molar-refractivity contribution >= 4 is 38.9 Å². The number of carbonyl (C=O) groups is 1. The first-order valence-electron chi connectivity index (χ1n) is 11.1. The first-order valence-corrected chi connectivity index (χ1v) is 12.8. The second-order valence-corrected chi connectivity index (χ2v) is 11.0. The molecule has 0 amide bonds. The number of aromatic nitrogens is 2. The smallest absolute Gasteiger partial charge is 0.208 e. The van der Waals surface area contributed by atoms with Gasteiger partial charge in [0.05, 0.1) is 22.6 Å². The van der Waals surface area contributed by atoms with Crippen molar-refractivity contribution in [2.75, 3.05) is 11.9 Å². The van der Waals surface area contributed by atoms with E-state index < -0.39 is 6.10 Å². The van der Waals surface area contributed by atoms with Crippen LogP contribution in [0.5, 0.6) is 0 Å². The molecule has 0 saturated heterocycles. The van der Waals surface area contributed by atoms with Crippen molar-refractivity contribution in [3.8, 4) is 0 Å².